The lowest BCUT2D eigenvalue weighted by Crippen LogP contribution is -2.39. The number of amides is 1. The molecule has 9 heteroatoms. The number of halogens is 3. The van der Waals surface area contributed by atoms with Crippen molar-refractivity contribution in [2.75, 3.05) is 19.0 Å². The molecule has 1 aliphatic heterocycles. The molecule has 1 aromatic carbocycles. The van der Waals surface area contributed by atoms with Crippen molar-refractivity contribution in [2.24, 2.45) is 0 Å². The van der Waals surface area contributed by atoms with Crippen LogP contribution in [0.15, 0.2) is 24.5 Å². The van der Waals surface area contributed by atoms with Crippen LogP contribution >= 0.6 is 23.2 Å². The lowest BCUT2D eigenvalue weighted by Gasteiger charge is -2.32. The number of hydrogen-bond donors (Lipinski definition) is 1. The third-order valence-corrected chi connectivity index (χ3v) is 5.67. The van der Waals surface area contributed by atoms with Crippen molar-refractivity contribution >= 4 is 34.9 Å². The molecule has 156 valence electrons. The average molecular weight is 440 g/mol. The molecule has 3 rings (SSSR count). The first-order valence-corrected chi connectivity index (χ1v) is 10.1. The lowest BCUT2D eigenvalue weighted by molar-refractivity contribution is -0.130. The van der Waals surface area contributed by atoms with Crippen molar-refractivity contribution in [3.05, 3.63) is 51.6 Å². The Labute approximate surface area is 180 Å². The van der Waals surface area contributed by atoms with E-state index in [1.165, 1.54) is 18.5 Å². The molecule has 2 aromatic rings. The Kier molecular flexibility index (Phi) is 6.61. The molecule has 29 heavy (non-hydrogen) atoms. The van der Waals surface area contributed by atoms with Crippen LogP contribution in [-0.2, 0) is 11.3 Å². The standard InChI is InChI=1S/C20H24Cl2FN5O/c1-11(2)28-17(29)8-16(18(28)12-5-6-14(21)15(23)7-12)24-9-13-19(22)25-10-26-20(13)27(3)4/h5-7,10-11,16,18,24H,8-9H2,1-4H3/t16-,18+/m0/s1. The molecule has 1 aliphatic rings. The molecule has 0 saturated carbocycles. The van der Waals surface area contributed by atoms with E-state index < -0.39 is 5.82 Å². The van der Waals surface area contributed by atoms with Crippen LogP contribution in [0.25, 0.3) is 0 Å². The number of aromatic nitrogens is 2. The minimum atomic E-state index is -0.500. The Morgan fingerprint density at radius 1 is 1.31 bits per heavy atom. The SMILES string of the molecule is CC(C)N1C(=O)C[C@H](NCc2c(Cl)ncnc2N(C)C)[C@H]1c1ccc(Cl)c(F)c1. The topological polar surface area (TPSA) is 61.4 Å². The van der Waals surface area contributed by atoms with Crippen molar-refractivity contribution in [1.29, 1.82) is 0 Å². The zero-order valence-corrected chi connectivity index (χ0v) is 18.3. The van der Waals surface area contributed by atoms with E-state index in [2.05, 4.69) is 15.3 Å². The van der Waals surface area contributed by atoms with Crippen molar-refractivity contribution < 1.29 is 9.18 Å². The van der Waals surface area contributed by atoms with Crippen LogP contribution in [0.1, 0.15) is 37.4 Å². The van der Waals surface area contributed by atoms with Gasteiger partial charge in [-0.05, 0) is 31.5 Å². The van der Waals surface area contributed by atoms with Crippen molar-refractivity contribution in [3.8, 4) is 0 Å². The van der Waals surface area contributed by atoms with E-state index in [1.807, 2.05) is 32.8 Å². The van der Waals surface area contributed by atoms with E-state index >= 15 is 0 Å². The number of carbonyl (C=O) groups excluding carboxylic acids is 1. The Balaban J connectivity index is 1.91. The fourth-order valence-electron chi connectivity index (χ4n) is 3.79. The van der Waals surface area contributed by atoms with Gasteiger partial charge in [-0.3, -0.25) is 4.79 Å². The molecule has 0 aliphatic carbocycles. The van der Waals surface area contributed by atoms with E-state index in [0.717, 1.165) is 5.56 Å². The molecule has 1 saturated heterocycles. The highest BCUT2D eigenvalue weighted by molar-refractivity contribution is 6.30. The quantitative estimate of drug-likeness (QED) is 0.692. The van der Waals surface area contributed by atoms with E-state index in [9.17, 15) is 9.18 Å². The van der Waals surface area contributed by atoms with E-state index in [4.69, 9.17) is 23.2 Å². The molecule has 1 amide bonds. The molecule has 0 unspecified atom stereocenters. The monoisotopic (exact) mass is 439 g/mol. The van der Waals surface area contributed by atoms with Crippen LogP contribution in [0.5, 0.6) is 0 Å². The van der Waals surface area contributed by atoms with E-state index in [1.54, 1.807) is 11.0 Å². The first-order chi connectivity index (χ1) is 13.7. The van der Waals surface area contributed by atoms with Crippen LogP contribution < -0.4 is 10.2 Å². The zero-order valence-electron chi connectivity index (χ0n) is 16.8. The predicted octanol–water partition coefficient (Wildman–Crippen LogP) is 3.83. The van der Waals surface area contributed by atoms with Gasteiger partial charge in [0.2, 0.25) is 5.91 Å². The van der Waals surface area contributed by atoms with Gasteiger partial charge in [0.05, 0.1) is 11.1 Å². The molecule has 2 atom stereocenters. The predicted molar refractivity (Wildman–Crippen MR) is 113 cm³/mol. The highest BCUT2D eigenvalue weighted by atomic mass is 35.5. The van der Waals surface area contributed by atoms with Gasteiger partial charge in [0, 0.05) is 44.7 Å². The maximum absolute atomic E-state index is 14.1. The highest BCUT2D eigenvalue weighted by Crippen LogP contribution is 2.36. The Morgan fingerprint density at radius 2 is 2.03 bits per heavy atom. The minimum Gasteiger partial charge on any atom is -0.362 e. The smallest absolute Gasteiger partial charge is 0.225 e. The van der Waals surface area contributed by atoms with Gasteiger partial charge in [-0.25, -0.2) is 14.4 Å². The van der Waals surface area contributed by atoms with Crippen LogP contribution in [0.3, 0.4) is 0 Å². The summed E-state index contributed by atoms with van der Waals surface area (Å²) in [6.45, 7) is 4.28. The van der Waals surface area contributed by atoms with Gasteiger partial charge in [-0.2, -0.15) is 0 Å². The zero-order chi connectivity index (χ0) is 21.3. The number of hydrogen-bond acceptors (Lipinski definition) is 5. The molecular formula is C20H24Cl2FN5O. The molecule has 1 N–H and O–H groups in total. The van der Waals surface area contributed by atoms with Crippen LogP contribution in [0, 0.1) is 5.82 Å². The van der Waals surface area contributed by atoms with Crippen molar-refractivity contribution in [1.82, 2.24) is 20.2 Å². The Hall–Kier alpha value is -1.96. The summed E-state index contributed by atoms with van der Waals surface area (Å²) in [6.07, 6.45) is 1.72. The maximum Gasteiger partial charge on any atom is 0.225 e. The number of carbonyl (C=O) groups is 1. The summed E-state index contributed by atoms with van der Waals surface area (Å²) < 4.78 is 14.1. The second-order valence-electron chi connectivity index (χ2n) is 7.57. The molecule has 0 bridgehead atoms. The summed E-state index contributed by atoms with van der Waals surface area (Å²) in [5.41, 5.74) is 1.45. The highest BCUT2D eigenvalue weighted by Gasteiger charge is 2.42. The van der Waals surface area contributed by atoms with Gasteiger partial charge in [-0.1, -0.05) is 29.3 Å². The molecular weight excluding hydrogens is 416 g/mol. The van der Waals surface area contributed by atoms with Gasteiger partial charge in [0.25, 0.3) is 0 Å². The van der Waals surface area contributed by atoms with E-state index in [0.29, 0.717) is 29.5 Å². The summed E-state index contributed by atoms with van der Waals surface area (Å²) in [6, 6.07) is 4.12. The average Bonchev–Trinajstić information content (AvgIpc) is 2.99. The lowest BCUT2D eigenvalue weighted by atomic mass is 9.99. The molecule has 1 fully saturated rings. The fraction of sp³-hybridized carbons (Fsp3) is 0.450. The van der Waals surface area contributed by atoms with Gasteiger partial charge in [0.15, 0.2) is 0 Å². The van der Waals surface area contributed by atoms with Crippen LogP contribution in [0.2, 0.25) is 10.2 Å². The van der Waals surface area contributed by atoms with Crippen molar-refractivity contribution in [2.45, 2.75) is 44.9 Å². The summed E-state index contributed by atoms with van der Waals surface area (Å²) in [5, 5.41) is 3.84. The second-order valence-corrected chi connectivity index (χ2v) is 8.33. The van der Waals surface area contributed by atoms with Gasteiger partial charge in [-0.15, -0.1) is 0 Å². The van der Waals surface area contributed by atoms with Crippen molar-refractivity contribution in [3.63, 3.8) is 0 Å². The fourth-order valence-corrected chi connectivity index (χ4v) is 4.10. The third kappa shape index (κ3) is 4.47. The maximum atomic E-state index is 14.1. The largest absolute Gasteiger partial charge is 0.362 e. The van der Waals surface area contributed by atoms with Crippen LogP contribution in [0.4, 0.5) is 10.2 Å². The molecule has 0 spiro atoms. The molecule has 6 nitrogen and oxygen atoms in total. The number of anilines is 1. The van der Waals surface area contributed by atoms with Gasteiger partial charge < -0.3 is 15.1 Å². The van der Waals surface area contributed by atoms with Gasteiger partial charge in [0.1, 0.15) is 23.1 Å². The third-order valence-electron chi connectivity index (χ3n) is 5.04. The number of likely N-dealkylation sites (tertiary alicyclic amines) is 1. The first kappa shape index (κ1) is 21.7. The molecule has 0 radical (unpaired) electrons. The Morgan fingerprint density at radius 3 is 2.66 bits per heavy atom. The van der Waals surface area contributed by atoms with Crippen LogP contribution in [-0.4, -0.2) is 47.0 Å². The normalized spacial score (nSPS) is 19.3. The number of benzene rings is 1. The number of nitrogens with one attached hydrogen (secondary N) is 1. The summed E-state index contributed by atoms with van der Waals surface area (Å²) in [7, 11) is 3.75. The minimum absolute atomic E-state index is 0.0149. The Bertz CT molecular complexity index is 908. The number of nitrogens with zero attached hydrogens (tertiary/aromatic N) is 4. The van der Waals surface area contributed by atoms with E-state index in [-0.39, 0.29) is 29.1 Å². The molecule has 2 heterocycles. The summed E-state index contributed by atoms with van der Waals surface area (Å²) in [5.74, 6) is 0.220. The second kappa shape index (κ2) is 8.81. The summed E-state index contributed by atoms with van der Waals surface area (Å²) in [4.78, 5) is 24.7. The molecule has 1 aromatic heterocycles. The summed E-state index contributed by atoms with van der Waals surface area (Å²) >= 11 is 12.2. The first-order valence-electron chi connectivity index (χ1n) is 9.37. The van der Waals surface area contributed by atoms with Gasteiger partial charge >= 0.3 is 0 Å². The number of rotatable bonds is 6.